The zero-order chi connectivity index (χ0) is 13.7. The molecule has 1 aromatic rings. The van der Waals surface area contributed by atoms with Crippen LogP contribution in [-0.4, -0.2) is 41.0 Å². The highest BCUT2D eigenvalue weighted by Gasteiger charge is 2.23. The van der Waals surface area contributed by atoms with E-state index >= 15 is 0 Å². The molecule has 0 spiro atoms. The highest BCUT2D eigenvalue weighted by molar-refractivity contribution is 5.93. The molecule has 19 heavy (non-hydrogen) atoms. The minimum atomic E-state index is -0.0149. The second-order valence-corrected chi connectivity index (χ2v) is 5.38. The molecule has 0 aliphatic carbocycles. The topological polar surface area (TPSA) is 45.2 Å². The molecular formula is C15H23N3O. The zero-order valence-corrected chi connectivity index (χ0v) is 11.8. The number of hydrogen-bond acceptors (Lipinski definition) is 3. The zero-order valence-electron chi connectivity index (χ0n) is 11.8. The number of rotatable bonds is 4. The van der Waals surface area contributed by atoms with Crippen LogP contribution in [0.4, 0.5) is 0 Å². The van der Waals surface area contributed by atoms with Crippen LogP contribution in [0.5, 0.6) is 0 Å². The van der Waals surface area contributed by atoms with E-state index in [4.69, 9.17) is 0 Å². The smallest absolute Gasteiger partial charge is 0.251 e. The lowest BCUT2D eigenvalue weighted by atomic mass is 10.0. The van der Waals surface area contributed by atoms with E-state index in [1.54, 1.807) is 24.5 Å². The molecule has 1 saturated heterocycles. The number of amides is 1. The Morgan fingerprint density at radius 3 is 2.89 bits per heavy atom. The maximum absolute atomic E-state index is 12.0. The second kappa shape index (κ2) is 6.66. The average molecular weight is 261 g/mol. The number of aromatic nitrogens is 1. The Labute approximate surface area is 115 Å². The highest BCUT2D eigenvalue weighted by Crippen LogP contribution is 2.18. The van der Waals surface area contributed by atoms with Crippen molar-refractivity contribution < 1.29 is 4.79 Å². The lowest BCUT2D eigenvalue weighted by Gasteiger charge is -2.38. The third kappa shape index (κ3) is 3.77. The molecule has 0 bridgehead atoms. The van der Waals surface area contributed by atoms with Gasteiger partial charge in [-0.25, -0.2) is 0 Å². The first kappa shape index (κ1) is 14.0. The lowest BCUT2D eigenvalue weighted by Crippen LogP contribution is -2.48. The quantitative estimate of drug-likeness (QED) is 0.902. The summed E-state index contributed by atoms with van der Waals surface area (Å²) in [5, 5.41) is 3.01. The molecule has 1 aliphatic heterocycles. The van der Waals surface area contributed by atoms with Gasteiger partial charge in [-0.2, -0.15) is 0 Å². The van der Waals surface area contributed by atoms with Gasteiger partial charge >= 0.3 is 0 Å². The predicted molar refractivity (Wildman–Crippen MR) is 76.1 cm³/mol. The molecule has 2 rings (SSSR count). The number of pyridine rings is 1. The van der Waals surface area contributed by atoms with Crippen LogP contribution in [0.15, 0.2) is 24.5 Å². The van der Waals surface area contributed by atoms with E-state index in [-0.39, 0.29) is 5.91 Å². The molecule has 1 N–H and O–H groups in total. The van der Waals surface area contributed by atoms with Gasteiger partial charge in [0.25, 0.3) is 5.91 Å². The van der Waals surface area contributed by atoms with Gasteiger partial charge in [0.05, 0.1) is 0 Å². The SMILES string of the molecule is C[C@@H]1CCCCN1[C@@H](C)CNC(=O)c1ccncc1. The molecule has 0 radical (unpaired) electrons. The number of nitrogens with zero attached hydrogens (tertiary/aromatic N) is 2. The van der Waals surface area contributed by atoms with Crippen LogP contribution in [-0.2, 0) is 0 Å². The highest BCUT2D eigenvalue weighted by atomic mass is 16.1. The summed E-state index contributed by atoms with van der Waals surface area (Å²) in [7, 11) is 0. The summed E-state index contributed by atoms with van der Waals surface area (Å²) in [5.74, 6) is -0.0149. The van der Waals surface area contributed by atoms with Crippen molar-refractivity contribution in [3.05, 3.63) is 30.1 Å². The molecule has 0 unspecified atom stereocenters. The van der Waals surface area contributed by atoms with Crippen LogP contribution in [0.2, 0.25) is 0 Å². The van der Waals surface area contributed by atoms with Gasteiger partial charge in [-0.15, -0.1) is 0 Å². The summed E-state index contributed by atoms with van der Waals surface area (Å²) in [5.41, 5.74) is 0.675. The molecule has 1 aliphatic rings. The maximum atomic E-state index is 12.0. The first-order valence-electron chi connectivity index (χ1n) is 7.12. The molecule has 4 heteroatoms. The van der Waals surface area contributed by atoms with E-state index in [1.807, 2.05) is 0 Å². The number of likely N-dealkylation sites (tertiary alicyclic amines) is 1. The van der Waals surface area contributed by atoms with E-state index in [9.17, 15) is 4.79 Å². The number of hydrogen-bond donors (Lipinski definition) is 1. The Bertz CT molecular complexity index is 407. The van der Waals surface area contributed by atoms with Crippen molar-refractivity contribution >= 4 is 5.91 Å². The minimum absolute atomic E-state index is 0.0149. The standard InChI is InChI=1S/C15H23N3O/c1-12-5-3-4-10-18(12)13(2)11-17-15(19)14-6-8-16-9-7-14/h6-9,12-13H,3-5,10-11H2,1-2H3,(H,17,19)/t12-,13+/m1/s1. The molecule has 1 aromatic heterocycles. The average Bonchev–Trinajstić information content (AvgIpc) is 2.46. The Morgan fingerprint density at radius 1 is 1.47 bits per heavy atom. The monoisotopic (exact) mass is 261 g/mol. The lowest BCUT2D eigenvalue weighted by molar-refractivity contribution is 0.0886. The van der Waals surface area contributed by atoms with Crippen molar-refractivity contribution in [2.75, 3.05) is 13.1 Å². The molecule has 2 heterocycles. The van der Waals surface area contributed by atoms with Gasteiger partial charge in [0.2, 0.25) is 0 Å². The first-order valence-corrected chi connectivity index (χ1v) is 7.12. The number of carbonyl (C=O) groups is 1. The van der Waals surface area contributed by atoms with Gasteiger partial charge in [-0.3, -0.25) is 14.7 Å². The molecule has 0 aromatic carbocycles. The molecule has 0 saturated carbocycles. The van der Waals surface area contributed by atoms with Crippen LogP contribution in [0.3, 0.4) is 0 Å². The van der Waals surface area contributed by atoms with Crippen molar-refractivity contribution in [2.24, 2.45) is 0 Å². The second-order valence-electron chi connectivity index (χ2n) is 5.38. The predicted octanol–water partition coefficient (Wildman–Crippen LogP) is 2.07. The van der Waals surface area contributed by atoms with E-state index in [2.05, 4.69) is 29.0 Å². The fourth-order valence-electron chi connectivity index (χ4n) is 2.74. The van der Waals surface area contributed by atoms with Crippen LogP contribution >= 0.6 is 0 Å². The van der Waals surface area contributed by atoms with Crippen molar-refractivity contribution in [1.82, 2.24) is 15.2 Å². The van der Waals surface area contributed by atoms with Gasteiger partial charge in [0.1, 0.15) is 0 Å². The largest absolute Gasteiger partial charge is 0.350 e. The summed E-state index contributed by atoms with van der Waals surface area (Å²) >= 11 is 0. The Balaban J connectivity index is 1.83. The van der Waals surface area contributed by atoms with Crippen molar-refractivity contribution in [1.29, 1.82) is 0 Å². The van der Waals surface area contributed by atoms with Crippen LogP contribution in [0.25, 0.3) is 0 Å². The molecule has 104 valence electrons. The molecule has 2 atom stereocenters. The van der Waals surface area contributed by atoms with Gasteiger partial charge in [-0.1, -0.05) is 6.42 Å². The molecule has 1 amide bonds. The minimum Gasteiger partial charge on any atom is -0.350 e. The van der Waals surface area contributed by atoms with Crippen molar-refractivity contribution in [3.63, 3.8) is 0 Å². The summed E-state index contributed by atoms with van der Waals surface area (Å²) in [6.07, 6.45) is 7.15. The van der Waals surface area contributed by atoms with Crippen molar-refractivity contribution in [2.45, 2.75) is 45.2 Å². The van der Waals surface area contributed by atoms with E-state index in [0.717, 1.165) is 6.54 Å². The van der Waals surface area contributed by atoms with E-state index < -0.39 is 0 Å². The van der Waals surface area contributed by atoms with Gasteiger partial charge < -0.3 is 5.32 Å². The van der Waals surface area contributed by atoms with Crippen LogP contribution < -0.4 is 5.32 Å². The summed E-state index contributed by atoms with van der Waals surface area (Å²) in [4.78, 5) is 18.4. The van der Waals surface area contributed by atoms with Crippen LogP contribution in [0.1, 0.15) is 43.5 Å². The van der Waals surface area contributed by atoms with Gasteiger partial charge in [-0.05, 0) is 45.4 Å². The first-order chi connectivity index (χ1) is 9.18. The number of nitrogens with one attached hydrogen (secondary N) is 1. The number of carbonyl (C=O) groups excluding carboxylic acids is 1. The summed E-state index contributed by atoms with van der Waals surface area (Å²) < 4.78 is 0. The fourth-order valence-corrected chi connectivity index (χ4v) is 2.74. The Hall–Kier alpha value is -1.42. The summed E-state index contributed by atoms with van der Waals surface area (Å²) in [6.45, 7) is 6.31. The normalized spacial score (nSPS) is 21.9. The van der Waals surface area contributed by atoms with E-state index in [0.29, 0.717) is 24.2 Å². The third-order valence-electron chi connectivity index (χ3n) is 3.92. The third-order valence-corrected chi connectivity index (χ3v) is 3.92. The Morgan fingerprint density at radius 2 is 2.21 bits per heavy atom. The molecule has 4 nitrogen and oxygen atoms in total. The fraction of sp³-hybridized carbons (Fsp3) is 0.600. The maximum Gasteiger partial charge on any atom is 0.251 e. The number of piperidine rings is 1. The van der Waals surface area contributed by atoms with Gasteiger partial charge in [0, 0.05) is 36.6 Å². The van der Waals surface area contributed by atoms with Crippen LogP contribution in [0, 0.1) is 0 Å². The Kier molecular flexibility index (Phi) is 4.91. The van der Waals surface area contributed by atoms with Crippen molar-refractivity contribution in [3.8, 4) is 0 Å². The molecule has 1 fully saturated rings. The molecular weight excluding hydrogens is 238 g/mol. The van der Waals surface area contributed by atoms with E-state index in [1.165, 1.54) is 19.3 Å². The van der Waals surface area contributed by atoms with Gasteiger partial charge in [0.15, 0.2) is 0 Å². The summed E-state index contributed by atoms with van der Waals surface area (Å²) in [6, 6.07) is 4.50.